The monoisotopic (exact) mass is 324 g/mol. The van der Waals surface area contributed by atoms with Crippen molar-refractivity contribution in [3.05, 3.63) is 54.6 Å². The van der Waals surface area contributed by atoms with Gasteiger partial charge in [-0.3, -0.25) is 0 Å². The maximum Gasteiger partial charge on any atom is -0.00268 e. The highest BCUT2D eigenvalue weighted by Gasteiger charge is 2.12. The van der Waals surface area contributed by atoms with Crippen LogP contribution in [0.4, 0.5) is 0 Å². The lowest BCUT2D eigenvalue weighted by atomic mass is 9.94. The van der Waals surface area contributed by atoms with E-state index in [4.69, 9.17) is 0 Å². The molecule has 0 bridgehead atoms. The molecule has 0 heterocycles. The van der Waals surface area contributed by atoms with Crippen molar-refractivity contribution < 1.29 is 0 Å². The highest BCUT2D eigenvalue weighted by molar-refractivity contribution is 7.29. The van der Waals surface area contributed by atoms with Crippen LogP contribution in [0.15, 0.2) is 54.6 Å². The van der Waals surface area contributed by atoms with Crippen LogP contribution in [0.1, 0.15) is 0 Å². The van der Waals surface area contributed by atoms with Gasteiger partial charge in [0.15, 0.2) is 0 Å². The highest BCUT2D eigenvalue weighted by Crippen LogP contribution is 2.34. The van der Waals surface area contributed by atoms with Gasteiger partial charge in [0.1, 0.15) is 0 Å². The van der Waals surface area contributed by atoms with Crippen LogP contribution in [0.2, 0.25) is 0 Å². The van der Waals surface area contributed by atoms with E-state index in [1.165, 1.54) is 48.2 Å². The SMILES string of the molecule is Pc1cccc2c1c1cccc(P)c1c1cccc(P)c21. The predicted octanol–water partition coefficient (Wildman–Crippen LogP) is 3.65. The van der Waals surface area contributed by atoms with Crippen molar-refractivity contribution in [1.29, 1.82) is 0 Å². The van der Waals surface area contributed by atoms with Gasteiger partial charge in [0.05, 0.1) is 0 Å². The van der Waals surface area contributed by atoms with E-state index in [2.05, 4.69) is 82.3 Å². The summed E-state index contributed by atoms with van der Waals surface area (Å²) in [4.78, 5) is 0. The lowest BCUT2D eigenvalue weighted by Crippen LogP contribution is -2.03. The zero-order chi connectivity index (χ0) is 14.6. The third-order valence-electron chi connectivity index (χ3n) is 4.10. The van der Waals surface area contributed by atoms with E-state index in [1.54, 1.807) is 0 Å². The molecule has 102 valence electrons. The Bertz CT molecular complexity index is 856. The topological polar surface area (TPSA) is 0 Å². The molecular formula is C18H15P3. The first-order valence-corrected chi connectivity index (χ1v) is 8.58. The van der Waals surface area contributed by atoms with Crippen molar-refractivity contribution in [1.82, 2.24) is 0 Å². The second-order valence-electron chi connectivity index (χ2n) is 5.31. The van der Waals surface area contributed by atoms with Crippen molar-refractivity contribution >= 4 is 76.0 Å². The summed E-state index contributed by atoms with van der Waals surface area (Å²) in [6.07, 6.45) is 0. The fourth-order valence-electron chi connectivity index (χ4n) is 3.24. The minimum absolute atomic E-state index is 1.25. The van der Waals surface area contributed by atoms with E-state index >= 15 is 0 Å². The maximum atomic E-state index is 2.89. The minimum atomic E-state index is 1.25. The van der Waals surface area contributed by atoms with E-state index in [1.807, 2.05) is 0 Å². The molecule has 0 saturated carbocycles. The van der Waals surface area contributed by atoms with Crippen molar-refractivity contribution in [2.24, 2.45) is 0 Å². The van der Waals surface area contributed by atoms with Gasteiger partial charge < -0.3 is 0 Å². The van der Waals surface area contributed by atoms with Gasteiger partial charge in [0, 0.05) is 0 Å². The second-order valence-corrected chi connectivity index (χ2v) is 7.18. The molecule has 3 heteroatoms. The molecule has 0 aromatic heterocycles. The van der Waals surface area contributed by atoms with Gasteiger partial charge in [0.25, 0.3) is 0 Å². The Morgan fingerprint density at radius 3 is 1.00 bits per heavy atom. The molecule has 0 nitrogen and oxygen atoms in total. The largest absolute Gasteiger partial charge is 0.105 e. The molecule has 21 heavy (non-hydrogen) atoms. The van der Waals surface area contributed by atoms with E-state index in [-0.39, 0.29) is 0 Å². The fraction of sp³-hybridized carbons (Fsp3) is 0. The highest BCUT2D eigenvalue weighted by atomic mass is 31.0. The average molecular weight is 324 g/mol. The molecule has 0 aliphatic carbocycles. The van der Waals surface area contributed by atoms with Crippen LogP contribution >= 0.6 is 27.7 Å². The van der Waals surface area contributed by atoms with E-state index in [9.17, 15) is 0 Å². The zero-order valence-corrected chi connectivity index (χ0v) is 14.9. The molecule has 3 atom stereocenters. The van der Waals surface area contributed by atoms with Gasteiger partial charge in [-0.2, -0.15) is 0 Å². The van der Waals surface area contributed by atoms with E-state index in [0.717, 1.165) is 0 Å². The van der Waals surface area contributed by atoms with Crippen molar-refractivity contribution in [3.8, 4) is 0 Å². The normalized spacial score (nSPS) is 11.6. The Morgan fingerprint density at radius 1 is 0.429 bits per heavy atom. The molecule has 0 radical (unpaired) electrons. The lowest BCUT2D eigenvalue weighted by Gasteiger charge is -2.15. The van der Waals surface area contributed by atoms with Crippen LogP contribution in [0.5, 0.6) is 0 Å². The summed E-state index contributed by atoms with van der Waals surface area (Å²) in [5, 5.41) is 11.7. The van der Waals surface area contributed by atoms with Crippen molar-refractivity contribution in [2.75, 3.05) is 0 Å². The first-order valence-electron chi connectivity index (χ1n) is 6.85. The summed E-state index contributed by atoms with van der Waals surface area (Å²) in [5.74, 6) is 0. The minimum Gasteiger partial charge on any atom is -0.105 e. The van der Waals surface area contributed by atoms with Gasteiger partial charge >= 0.3 is 0 Å². The molecule has 0 spiro atoms. The molecule has 0 aliphatic heterocycles. The third-order valence-corrected chi connectivity index (χ3v) is 5.54. The molecule has 0 saturated heterocycles. The summed E-state index contributed by atoms with van der Waals surface area (Å²) in [5.41, 5.74) is 0. The van der Waals surface area contributed by atoms with Crippen LogP contribution in [0.25, 0.3) is 32.3 Å². The third kappa shape index (κ3) is 1.94. The van der Waals surface area contributed by atoms with Crippen LogP contribution in [0, 0.1) is 0 Å². The zero-order valence-electron chi connectivity index (χ0n) is 11.4. The summed E-state index contributed by atoms with van der Waals surface area (Å²) in [6.45, 7) is 0. The van der Waals surface area contributed by atoms with Crippen molar-refractivity contribution in [2.45, 2.75) is 0 Å². The second kappa shape index (κ2) is 5.00. The standard InChI is InChI=1S/C18H15P3/c19-13-7-1-4-10-16(13)11-5-2-9-15(21)18(11)12-6-3-8-14(20)17(10)12/h1-9H,19-21H2. The summed E-state index contributed by atoms with van der Waals surface area (Å²) in [6, 6.07) is 19.6. The Hall–Kier alpha value is -1.05. The predicted molar refractivity (Wildman–Crippen MR) is 107 cm³/mol. The number of fused-ring (bicyclic) bond motifs is 6. The first-order chi connectivity index (χ1) is 10.2. The summed E-state index contributed by atoms with van der Waals surface area (Å²) in [7, 11) is 8.66. The maximum absolute atomic E-state index is 2.89. The van der Waals surface area contributed by atoms with Crippen molar-refractivity contribution in [3.63, 3.8) is 0 Å². The van der Waals surface area contributed by atoms with Gasteiger partial charge in [-0.25, -0.2) is 0 Å². The Kier molecular flexibility index (Phi) is 3.24. The molecule has 0 amide bonds. The quantitative estimate of drug-likeness (QED) is 0.342. The smallest absolute Gasteiger partial charge is 0.00268 e. The Balaban J connectivity index is 2.51. The summed E-state index contributed by atoms with van der Waals surface area (Å²) < 4.78 is 0. The molecule has 3 unspecified atom stereocenters. The first kappa shape index (κ1) is 13.6. The Morgan fingerprint density at radius 2 is 0.714 bits per heavy atom. The lowest BCUT2D eigenvalue weighted by molar-refractivity contribution is 1.84. The van der Waals surface area contributed by atoms with Gasteiger partial charge in [-0.05, 0) is 48.2 Å². The molecule has 0 aliphatic rings. The Labute approximate surface area is 130 Å². The van der Waals surface area contributed by atoms with E-state index in [0.29, 0.717) is 0 Å². The van der Waals surface area contributed by atoms with Gasteiger partial charge in [0.2, 0.25) is 0 Å². The molecule has 4 rings (SSSR count). The molecule has 0 fully saturated rings. The summed E-state index contributed by atoms with van der Waals surface area (Å²) >= 11 is 0. The molecule has 0 N–H and O–H groups in total. The van der Waals surface area contributed by atoms with Gasteiger partial charge in [-0.15, -0.1) is 27.7 Å². The molecule has 4 aromatic carbocycles. The molecular weight excluding hydrogens is 309 g/mol. The van der Waals surface area contributed by atoms with Gasteiger partial charge in [-0.1, -0.05) is 54.6 Å². The van der Waals surface area contributed by atoms with Crippen LogP contribution < -0.4 is 15.9 Å². The number of hydrogen-bond donors (Lipinski definition) is 0. The van der Waals surface area contributed by atoms with Crippen LogP contribution in [-0.2, 0) is 0 Å². The average Bonchev–Trinajstić information content (AvgIpc) is 2.47. The number of hydrogen-bond acceptors (Lipinski definition) is 0. The fourth-order valence-corrected chi connectivity index (χ4v) is 4.50. The van der Waals surface area contributed by atoms with E-state index < -0.39 is 0 Å². The number of benzene rings is 4. The number of rotatable bonds is 0. The van der Waals surface area contributed by atoms with Crippen LogP contribution in [-0.4, -0.2) is 0 Å². The van der Waals surface area contributed by atoms with Crippen LogP contribution in [0.3, 0.4) is 0 Å². The molecule has 4 aromatic rings.